The molecule has 0 aromatic heterocycles. The first-order chi connectivity index (χ1) is 11.5. The highest BCUT2D eigenvalue weighted by atomic mass is 19.4. The largest absolute Gasteiger partial charge is 0.444 e. The number of hydrogen-bond donors (Lipinski definition) is 1. The Balaban J connectivity index is 3.11. The Kier molecular flexibility index (Phi) is 7.29. The Hall–Kier alpha value is -1.76. The molecule has 4 nitrogen and oxygen atoms in total. The maximum atomic E-state index is 13.2. The van der Waals surface area contributed by atoms with E-state index in [0.29, 0.717) is 6.42 Å². The smallest absolute Gasteiger partial charge is 0.416 e. The van der Waals surface area contributed by atoms with Crippen LogP contribution in [-0.4, -0.2) is 34.9 Å². The summed E-state index contributed by atoms with van der Waals surface area (Å²) in [5, 5.41) is 9.38. The van der Waals surface area contributed by atoms with Crippen LogP contribution in [0.4, 0.5) is 18.0 Å². The fourth-order valence-electron chi connectivity index (χ4n) is 2.30. The number of aliphatic hydroxyl groups is 1. The van der Waals surface area contributed by atoms with Crippen LogP contribution >= 0.6 is 0 Å². The van der Waals surface area contributed by atoms with Crippen LogP contribution in [0.1, 0.15) is 45.2 Å². The number of nitrogens with zero attached hydrogens (tertiary/aromatic N) is 1. The maximum Gasteiger partial charge on any atom is 0.416 e. The molecule has 1 aromatic rings. The van der Waals surface area contributed by atoms with Gasteiger partial charge >= 0.3 is 12.3 Å². The molecular weight excluding hydrogens is 335 g/mol. The van der Waals surface area contributed by atoms with Crippen molar-refractivity contribution in [3.05, 3.63) is 35.4 Å². The highest BCUT2D eigenvalue weighted by molar-refractivity contribution is 5.68. The third-order valence-corrected chi connectivity index (χ3v) is 3.65. The molecule has 1 unspecified atom stereocenters. The van der Waals surface area contributed by atoms with Crippen molar-refractivity contribution in [2.75, 3.05) is 13.2 Å². The summed E-state index contributed by atoms with van der Waals surface area (Å²) < 4.78 is 44.9. The fraction of sp³-hybridized carbons (Fsp3) is 0.611. The molecule has 0 aliphatic heterocycles. The van der Waals surface area contributed by atoms with Gasteiger partial charge in [-0.05, 0) is 44.7 Å². The van der Waals surface area contributed by atoms with E-state index in [1.807, 2.05) is 6.92 Å². The molecule has 0 spiro atoms. The average Bonchev–Trinajstić information content (AvgIpc) is 2.49. The number of carbonyl (C=O) groups excluding carboxylic acids is 1. The van der Waals surface area contributed by atoms with E-state index in [0.717, 1.165) is 6.07 Å². The topological polar surface area (TPSA) is 49.8 Å². The van der Waals surface area contributed by atoms with Crippen LogP contribution in [0.2, 0.25) is 0 Å². The molecule has 0 bridgehead atoms. The highest BCUT2D eigenvalue weighted by Gasteiger charge is 2.34. The van der Waals surface area contributed by atoms with Crippen molar-refractivity contribution in [1.29, 1.82) is 0 Å². The fourth-order valence-corrected chi connectivity index (χ4v) is 2.30. The third kappa shape index (κ3) is 6.94. The van der Waals surface area contributed by atoms with Crippen LogP contribution in [-0.2, 0) is 17.5 Å². The number of carbonyl (C=O) groups is 1. The third-order valence-electron chi connectivity index (χ3n) is 3.65. The van der Waals surface area contributed by atoms with Crippen LogP contribution in [0.5, 0.6) is 0 Å². The van der Waals surface area contributed by atoms with Crippen molar-refractivity contribution in [2.45, 2.75) is 52.4 Å². The monoisotopic (exact) mass is 361 g/mol. The lowest BCUT2D eigenvalue weighted by atomic mass is 10.0. The molecule has 0 radical (unpaired) electrons. The molecular formula is C18H26F3NO3. The minimum atomic E-state index is -4.50. The van der Waals surface area contributed by atoms with Gasteiger partial charge in [-0.25, -0.2) is 4.79 Å². The predicted octanol–water partition coefficient (Wildman–Crippen LogP) is 4.46. The molecule has 1 aromatic carbocycles. The Bertz CT molecular complexity index is 563. The molecule has 7 heteroatoms. The number of ether oxygens (including phenoxy) is 1. The molecule has 0 saturated carbocycles. The molecule has 0 saturated heterocycles. The summed E-state index contributed by atoms with van der Waals surface area (Å²) in [7, 11) is 0. The molecule has 0 heterocycles. The summed E-state index contributed by atoms with van der Waals surface area (Å²) in [6, 6.07) is 5.15. The molecule has 25 heavy (non-hydrogen) atoms. The van der Waals surface area contributed by atoms with E-state index in [9.17, 15) is 23.1 Å². The molecule has 1 rings (SSSR count). The number of aliphatic hydroxyl groups excluding tert-OH is 1. The van der Waals surface area contributed by atoms with Gasteiger partial charge < -0.3 is 14.7 Å². The maximum absolute atomic E-state index is 13.2. The first-order valence-corrected chi connectivity index (χ1v) is 8.21. The molecule has 1 amide bonds. The van der Waals surface area contributed by atoms with E-state index in [2.05, 4.69) is 0 Å². The van der Waals surface area contributed by atoms with Crippen molar-refractivity contribution in [1.82, 2.24) is 4.90 Å². The second kappa shape index (κ2) is 8.56. The van der Waals surface area contributed by atoms with Crippen LogP contribution in [0.15, 0.2) is 24.3 Å². The van der Waals surface area contributed by atoms with E-state index in [4.69, 9.17) is 4.74 Å². The van der Waals surface area contributed by atoms with Gasteiger partial charge in [-0.15, -0.1) is 0 Å². The summed E-state index contributed by atoms with van der Waals surface area (Å²) in [5.74, 6) is -0.231. The van der Waals surface area contributed by atoms with E-state index >= 15 is 0 Å². The molecule has 0 fully saturated rings. The SMILES string of the molecule is CCC(CO)CN(Cc1ccccc1C(F)(F)F)C(=O)OC(C)(C)C. The Morgan fingerprint density at radius 3 is 2.32 bits per heavy atom. The lowest BCUT2D eigenvalue weighted by Crippen LogP contribution is -2.40. The summed E-state index contributed by atoms with van der Waals surface area (Å²) in [5.41, 5.74) is -1.55. The van der Waals surface area contributed by atoms with E-state index in [1.54, 1.807) is 20.8 Å². The number of hydrogen-bond acceptors (Lipinski definition) is 3. The van der Waals surface area contributed by atoms with Gasteiger partial charge in [0.2, 0.25) is 0 Å². The number of halogens is 3. The van der Waals surface area contributed by atoms with Crippen molar-refractivity contribution in [3.63, 3.8) is 0 Å². The standard InChI is InChI=1S/C18H26F3NO3/c1-5-13(12-23)10-22(16(24)25-17(2,3)4)11-14-8-6-7-9-15(14)18(19,20)21/h6-9,13,23H,5,10-12H2,1-4H3. The van der Waals surface area contributed by atoms with Gasteiger partial charge in [0, 0.05) is 19.7 Å². The van der Waals surface area contributed by atoms with E-state index < -0.39 is 23.4 Å². The van der Waals surface area contributed by atoms with E-state index in [1.165, 1.54) is 23.1 Å². The van der Waals surface area contributed by atoms with Crippen LogP contribution < -0.4 is 0 Å². The summed E-state index contributed by atoms with van der Waals surface area (Å²) in [6.45, 7) is 6.64. The zero-order valence-electron chi connectivity index (χ0n) is 15.1. The normalized spacial score (nSPS) is 13.4. The molecule has 1 atom stereocenters. The first-order valence-electron chi connectivity index (χ1n) is 8.21. The van der Waals surface area contributed by atoms with Crippen LogP contribution in [0.3, 0.4) is 0 Å². The highest BCUT2D eigenvalue weighted by Crippen LogP contribution is 2.32. The van der Waals surface area contributed by atoms with E-state index in [-0.39, 0.29) is 31.2 Å². The van der Waals surface area contributed by atoms with Gasteiger partial charge in [0.05, 0.1) is 5.56 Å². The zero-order valence-corrected chi connectivity index (χ0v) is 15.1. The van der Waals surface area contributed by atoms with Crippen molar-refractivity contribution in [3.8, 4) is 0 Å². The van der Waals surface area contributed by atoms with Crippen LogP contribution in [0, 0.1) is 5.92 Å². The molecule has 0 aliphatic rings. The number of alkyl halides is 3. The second-order valence-electron chi connectivity index (χ2n) is 6.97. The van der Waals surface area contributed by atoms with Gasteiger partial charge in [0.15, 0.2) is 0 Å². The number of amides is 1. The molecule has 0 aliphatic carbocycles. The van der Waals surface area contributed by atoms with Crippen LogP contribution in [0.25, 0.3) is 0 Å². The summed E-state index contributed by atoms with van der Waals surface area (Å²) in [6.07, 6.45) is -4.61. The quantitative estimate of drug-likeness (QED) is 0.814. The zero-order chi connectivity index (χ0) is 19.3. The van der Waals surface area contributed by atoms with Gasteiger partial charge in [0.25, 0.3) is 0 Å². The van der Waals surface area contributed by atoms with Crippen molar-refractivity contribution >= 4 is 6.09 Å². The second-order valence-corrected chi connectivity index (χ2v) is 6.97. The number of benzene rings is 1. The minimum Gasteiger partial charge on any atom is -0.444 e. The van der Waals surface area contributed by atoms with Crippen molar-refractivity contribution in [2.24, 2.45) is 5.92 Å². The Morgan fingerprint density at radius 1 is 1.24 bits per heavy atom. The summed E-state index contributed by atoms with van der Waals surface area (Å²) >= 11 is 0. The predicted molar refractivity (Wildman–Crippen MR) is 89.0 cm³/mol. The first kappa shape index (κ1) is 21.3. The van der Waals surface area contributed by atoms with Gasteiger partial charge in [-0.2, -0.15) is 13.2 Å². The molecule has 1 N–H and O–H groups in total. The summed E-state index contributed by atoms with van der Waals surface area (Å²) in [4.78, 5) is 13.7. The van der Waals surface area contributed by atoms with Crippen molar-refractivity contribution < 1.29 is 27.8 Å². The van der Waals surface area contributed by atoms with Gasteiger partial charge in [-0.1, -0.05) is 25.1 Å². The van der Waals surface area contributed by atoms with Gasteiger partial charge in [-0.3, -0.25) is 0 Å². The number of rotatable bonds is 6. The average molecular weight is 361 g/mol. The molecule has 142 valence electrons. The lowest BCUT2D eigenvalue weighted by molar-refractivity contribution is -0.138. The Morgan fingerprint density at radius 2 is 1.84 bits per heavy atom. The lowest BCUT2D eigenvalue weighted by Gasteiger charge is -2.30. The van der Waals surface area contributed by atoms with Gasteiger partial charge in [0.1, 0.15) is 5.60 Å². The minimum absolute atomic E-state index is 0.00588. The Labute approximate surface area is 146 Å².